The first-order valence-corrected chi connectivity index (χ1v) is 15.7. The third-order valence-electron chi connectivity index (χ3n) is 8.14. The number of primary sulfonamides is 1. The molecule has 0 spiro atoms. The molecular weight excluding hydrogens is 595 g/mol. The number of halogens is 3. The number of rotatable bonds is 6. The largest absolute Gasteiger partial charge is 0.435 e. The second-order valence-electron chi connectivity index (χ2n) is 11.0. The van der Waals surface area contributed by atoms with Crippen molar-refractivity contribution in [1.82, 2.24) is 14.7 Å². The number of nitrogens with zero attached hydrogens (tertiary/aromatic N) is 4. The fourth-order valence-electron chi connectivity index (χ4n) is 5.96. The highest BCUT2D eigenvalue weighted by molar-refractivity contribution is 7.89. The van der Waals surface area contributed by atoms with Crippen LogP contribution in [-0.4, -0.2) is 59.9 Å². The van der Waals surface area contributed by atoms with E-state index in [1.807, 2.05) is 30.3 Å². The number of likely N-dealkylation sites (tertiary alicyclic amines) is 1. The summed E-state index contributed by atoms with van der Waals surface area (Å²) in [5.74, 6) is -0.737. The first-order valence-electron chi connectivity index (χ1n) is 14.1. The van der Waals surface area contributed by atoms with Gasteiger partial charge in [-0.3, -0.25) is 9.69 Å². The summed E-state index contributed by atoms with van der Waals surface area (Å²) in [4.78, 5) is 17.1. The number of carbonyl (C=O) groups is 1. The highest BCUT2D eigenvalue weighted by Gasteiger charge is 2.43. The van der Waals surface area contributed by atoms with Crippen LogP contribution < -0.4 is 10.0 Å². The number of anilines is 1. The standard InChI is InChI=1S/C31H30F3N5O4S/c32-31(33,34)29-25-15-18-38(30(41)28(25)39(36-29)26-7-3-4-8-27(26)44(35,42)43)22-11-9-20(10-12-22)24-6-2-1-5-21(24)19-37-16-13-23(40)14-17-37/h1-12,23,40H,13-19H2,(H2,35,42,43). The number of fused-ring (bicyclic) bond motifs is 1. The van der Waals surface area contributed by atoms with E-state index in [4.69, 9.17) is 5.14 Å². The van der Waals surface area contributed by atoms with Crippen molar-refractivity contribution in [3.8, 4) is 16.8 Å². The lowest BCUT2D eigenvalue weighted by molar-refractivity contribution is -0.141. The summed E-state index contributed by atoms with van der Waals surface area (Å²) in [6.45, 7) is 2.32. The number of amides is 1. The Morgan fingerprint density at radius 2 is 1.59 bits per heavy atom. The predicted octanol–water partition coefficient (Wildman–Crippen LogP) is 4.37. The molecule has 3 N–H and O–H groups in total. The molecule has 4 aromatic rings. The zero-order valence-electron chi connectivity index (χ0n) is 23.5. The molecule has 0 radical (unpaired) electrons. The quantitative estimate of drug-likeness (QED) is 0.329. The summed E-state index contributed by atoms with van der Waals surface area (Å²) in [5.41, 5.74) is 1.40. The summed E-state index contributed by atoms with van der Waals surface area (Å²) in [6, 6.07) is 20.5. The third kappa shape index (κ3) is 5.75. The van der Waals surface area contributed by atoms with Crippen molar-refractivity contribution in [3.05, 3.63) is 95.3 Å². The number of aliphatic hydroxyl groups excluding tert-OH is 1. The molecule has 44 heavy (non-hydrogen) atoms. The third-order valence-corrected chi connectivity index (χ3v) is 9.10. The van der Waals surface area contributed by atoms with Crippen molar-refractivity contribution in [2.45, 2.75) is 43.0 Å². The fourth-order valence-corrected chi connectivity index (χ4v) is 6.67. The lowest BCUT2D eigenvalue weighted by atomic mass is 9.97. The molecule has 1 aromatic heterocycles. The van der Waals surface area contributed by atoms with Gasteiger partial charge in [-0.15, -0.1) is 0 Å². The van der Waals surface area contributed by atoms with Gasteiger partial charge in [-0.05, 0) is 60.2 Å². The zero-order valence-corrected chi connectivity index (χ0v) is 24.4. The number of piperidine rings is 1. The van der Waals surface area contributed by atoms with Crippen LogP contribution in [0.1, 0.15) is 40.2 Å². The predicted molar refractivity (Wildman–Crippen MR) is 158 cm³/mol. The van der Waals surface area contributed by atoms with Crippen molar-refractivity contribution in [2.24, 2.45) is 5.14 Å². The van der Waals surface area contributed by atoms with Crippen molar-refractivity contribution >= 4 is 21.6 Å². The van der Waals surface area contributed by atoms with Crippen LogP contribution in [0.15, 0.2) is 77.7 Å². The Morgan fingerprint density at radius 1 is 0.932 bits per heavy atom. The van der Waals surface area contributed by atoms with Gasteiger partial charge in [-0.2, -0.15) is 18.3 Å². The lowest BCUT2D eigenvalue weighted by Gasteiger charge is -2.30. The molecule has 1 fully saturated rings. The number of aliphatic hydroxyl groups is 1. The average Bonchev–Trinajstić information content (AvgIpc) is 3.40. The fraction of sp³-hybridized carbons (Fsp3) is 0.290. The van der Waals surface area contributed by atoms with Crippen LogP contribution in [0.5, 0.6) is 0 Å². The lowest BCUT2D eigenvalue weighted by Crippen LogP contribution is -2.39. The van der Waals surface area contributed by atoms with E-state index in [1.54, 1.807) is 12.1 Å². The molecule has 3 heterocycles. The molecule has 0 saturated carbocycles. The van der Waals surface area contributed by atoms with E-state index >= 15 is 0 Å². The molecule has 0 aliphatic carbocycles. The minimum absolute atomic E-state index is 0.0197. The number of aromatic nitrogens is 2. The molecule has 0 unspecified atom stereocenters. The van der Waals surface area contributed by atoms with Crippen LogP contribution in [0.2, 0.25) is 0 Å². The topological polar surface area (TPSA) is 122 Å². The van der Waals surface area contributed by atoms with Crippen LogP contribution in [0.4, 0.5) is 18.9 Å². The summed E-state index contributed by atoms with van der Waals surface area (Å²) in [5, 5.41) is 18.9. The first kappa shape index (κ1) is 30.0. The molecule has 9 nitrogen and oxygen atoms in total. The normalized spacial score (nSPS) is 16.8. The number of hydrogen-bond acceptors (Lipinski definition) is 6. The zero-order chi connectivity index (χ0) is 31.2. The van der Waals surface area contributed by atoms with Crippen LogP contribution in [0.3, 0.4) is 0 Å². The van der Waals surface area contributed by atoms with Gasteiger partial charge in [-0.1, -0.05) is 48.5 Å². The molecule has 1 saturated heterocycles. The molecule has 6 rings (SSSR count). The molecule has 230 valence electrons. The summed E-state index contributed by atoms with van der Waals surface area (Å²) >= 11 is 0. The van der Waals surface area contributed by atoms with Crippen LogP contribution >= 0.6 is 0 Å². The molecule has 0 bridgehead atoms. The van der Waals surface area contributed by atoms with Crippen molar-refractivity contribution < 1.29 is 31.5 Å². The van der Waals surface area contributed by atoms with Gasteiger partial charge < -0.3 is 10.0 Å². The Balaban J connectivity index is 1.34. The van der Waals surface area contributed by atoms with Crippen LogP contribution in [0, 0.1) is 0 Å². The minimum Gasteiger partial charge on any atom is -0.393 e. The smallest absolute Gasteiger partial charge is 0.393 e. The molecular formula is C31H30F3N5O4S. The number of alkyl halides is 3. The molecule has 3 aromatic carbocycles. The van der Waals surface area contributed by atoms with Gasteiger partial charge in [0, 0.05) is 37.4 Å². The maximum Gasteiger partial charge on any atom is 0.435 e. The number of nitrogens with two attached hydrogens (primary N) is 1. The number of benzene rings is 3. The second kappa shape index (κ2) is 11.5. The summed E-state index contributed by atoms with van der Waals surface area (Å²) in [6.07, 6.45) is -3.79. The van der Waals surface area contributed by atoms with E-state index in [9.17, 15) is 31.5 Å². The molecule has 1 amide bonds. The summed E-state index contributed by atoms with van der Waals surface area (Å²) < 4.78 is 67.4. The van der Waals surface area contributed by atoms with Gasteiger partial charge >= 0.3 is 6.18 Å². The number of hydrogen-bond donors (Lipinski definition) is 2. The van der Waals surface area contributed by atoms with E-state index in [0.29, 0.717) is 5.69 Å². The van der Waals surface area contributed by atoms with Gasteiger partial charge in [0.2, 0.25) is 10.0 Å². The summed E-state index contributed by atoms with van der Waals surface area (Å²) in [7, 11) is -4.35. The Morgan fingerprint density at radius 3 is 2.27 bits per heavy atom. The van der Waals surface area contributed by atoms with E-state index in [-0.39, 0.29) is 36.0 Å². The number of sulfonamides is 1. The first-order chi connectivity index (χ1) is 20.9. The number of para-hydroxylation sites is 1. The highest BCUT2D eigenvalue weighted by atomic mass is 32.2. The highest BCUT2D eigenvalue weighted by Crippen LogP contribution is 2.38. The maximum absolute atomic E-state index is 14.0. The Hall–Kier alpha value is -4.04. The Labute approximate surface area is 252 Å². The Kier molecular flexibility index (Phi) is 7.82. The maximum atomic E-state index is 14.0. The second-order valence-corrected chi connectivity index (χ2v) is 12.5. The monoisotopic (exact) mass is 625 g/mol. The molecule has 0 atom stereocenters. The van der Waals surface area contributed by atoms with E-state index in [1.165, 1.54) is 23.1 Å². The SMILES string of the molecule is NS(=O)(=O)c1ccccc1-n1nc(C(F)(F)F)c2c1C(=O)N(c1ccc(-c3ccccc3CN3CCC(O)CC3)cc1)CC2. The van der Waals surface area contributed by atoms with E-state index in [0.717, 1.165) is 59.9 Å². The van der Waals surface area contributed by atoms with Gasteiger partial charge in [0.05, 0.1) is 11.8 Å². The molecule has 13 heteroatoms. The molecule has 2 aliphatic rings. The average molecular weight is 626 g/mol. The van der Waals surface area contributed by atoms with Gasteiger partial charge in [0.1, 0.15) is 10.6 Å². The van der Waals surface area contributed by atoms with Gasteiger partial charge in [-0.25, -0.2) is 18.2 Å². The van der Waals surface area contributed by atoms with E-state index < -0.39 is 32.7 Å². The Bertz CT molecular complexity index is 1810. The van der Waals surface area contributed by atoms with E-state index in [2.05, 4.69) is 16.1 Å². The van der Waals surface area contributed by atoms with Crippen molar-refractivity contribution in [2.75, 3.05) is 24.5 Å². The molecule has 2 aliphatic heterocycles. The van der Waals surface area contributed by atoms with Crippen molar-refractivity contribution in [1.29, 1.82) is 0 Å². The van der Waals surface area contributed by atoms with Gasteiger partial charge in [0.25, 0.3) is 5.91 Å². The van der Waals surface area contributed by atoms with Gasteiger partial charge in [0.15, 0.2) is 5.69 Å². The van der Waals surface area contributed by atoms with Crippen LogP contribution in [0.25, 0.3) is 16.8 Å². The minimum atomic E-state index is -4.86. The number of carbonyl (C=O) groups excluding carboxylic acids is 1. The van der Waals surface area contributed by atoms with Crippen molar-refractivity contribution in [3.63, 3.8) is 0 Å². The van der Waals surface area contributed by atoms with Crippen LogP contribution in [-0.2, 0) is 29.2 Å².